The average molecular weight is 328 g/mol. The molecule has 24 heavy (non-hydrogen) atoms. The summed E-state index contributed by atoms with van der Waals surface area (Å²) in [5, 5.41) is 4.18. The van der Waals surface area contributed by atoms with E-state index in [2.05, 4.69) is 10.1 Å². The number of amides is 1. The van der Waals surface area contributed by atoms with E-state index in [-0.39, 0.29) is 17.4 Å². The van der Waals surface area contributed by atoms with E-state index < -0.39 is 0 Å². The van der Waals surface area contributed by atoms with Crippen molar-refractivity contribution < 1.29 is 14.3 Å². The third-order valence-corrected chi connectivity index (χ3v) is 4.81. The monoisotopic (exact) mass is 328 g/mol. The largest absolute Gasteiger partial charge is 0.477 e. The summed E-state index contributed by atoms with van der Waals surface area (Å²) < 4.78 is 13.4. The zero-order valence-electron chi connectivity index (χ0n) is 13.6. The predicted molar refractivity (Wildman–Crippen MR) is 85.6 cm³/mol. The molecule has 7 heteroatoms. The van der Waals surface area contributed by atoms with Crippen molar-refractivity contribution >= 4 is 5.91 Å². The first-order valence-corrected chi connectivity index (χ1v) is 8.13. The van der Waals surface area contributed by atoms with Crippen LogP contribution in [0, 0.1) is 5.92 Å². The Hall–Kier alpha value is -2.41. The molecule has 1 atom stereocenters. The van der Waals surface area contributed by atoms with Gasteiger partial charge in [-0.2, -0.15) is 5.10 Å². The number of rotatable bonds is 4. The summed E-state index contributed by atoms with van der Waals surface area (Å²) in [6.07, 6.45) is 4.43. The first-order valence-electron chi connectivity index (χ1n) is 8.13. The number of ether oxygens (including phenoxy) is 2. The molecular weight excluding hydrogens is 308 g/mol. The Balaban J connectivity index is 1.36. The molecular formula is C17H20N4O3. The third kappa shape index (κ3) is 2.65. The number of pyridine rings is 1. The van der Waals surface area contributed by atoms with E-state index in [0.717, 1.165) is 6.42 Å². The van der Waals surface area contributed by atoms with Crippen molar-refractivity contribution in [3.8, 4) is 5.88 Å². The van der Waals surface area contributed by atoms with Crippen LogP contribution >= 0.6 is 0 Å². The molecule has 0 saturated carbocycles. The number of aromatic nitrogens is 3. The van der Waals surface area contributed by atoms with Crippen LogP contribution in [-0.4, -0.2) is 57.5 Å². The summed E-state index contributed by atoms with van der Waals surface area (Å²) in [7, 11) is 1.81. The number of carbonyl (C=O) groups is 1. The predicted octanol–water partition coefficient (Wildman–Crippen LogP) is 1.13. The summed E-state index contributed by atoms with van der Waals surface area (Å²) in [4.78, 5) is 18.4. The van der Waals surface area contributed by atoms with E-state index in [4.69, 9.17) is 9.47 Å². The molecule has 2 aliphatic rings. The number of aryl methyl sites for hydroxylation is 1. The van der Waals surface area contributed by atoms with Gasteiger partial charge < -0.3 is 14.4 Å². The van der Waals surface area contributed by atoms with Gasteiger partial charge in [-0.15, -0.1) is 0 Å². The molecule has 2 aromatic heterocycles. The normalized spacial score (nSPS) is 21.7. The van der Waals surface area contributed by atoms with E-state index >= 15 is 0 Å². The second kappa shape index (κ2) is 5.90. The maximum atomic E-state index is 12.4. The number of nitrogens with zero attached hydrogens (tertiary/aromatic N) is 4. The smallest absolute Gasteiger partial charge is 0.274 e. The van der Waals surface area contributed by atoms with Crippen LogP contribution in [0.4, 0.5) is 0 Å². The minimum Gasteiger partial charge on any atom is -0.477 e. The molecule has 0 bridgehead atoms. The summed E-state index contributed by atoms with van der Waals surface area (Å²) in [6.45, 7) is 2.46. The molecule has 1 amide bonds. The Morgan fingerprint density at radius 3 is 3.00 bits per heavy atom. The molecule has 0 radical (unpaired) electrons. The highest BCUT2D eigenvalue weighted by Crippen LogP contribution is 2.40. The van der Waals surface area contributed by atoms with E-state index in [1.165, 1.54) is 0 Å². The van der Waals surface area contributed by atoms with Crippen LogP contribution in [0.15, 0.2) is 36.7 Å². The van der Waals surface area contributed by atoms with Gasteiger partial charge in [0.15, 0.2) is 0 Å². The lowest BCUT2D eigenvalue weighted by atomic mass is 9.81. The molecule has 0 aliphatic carbocycles. The highest BCUT2D eigenvalue weighted by Gasteiger charge is 2.55. The second-order valence-electron chi connectivity index (χ2n) is 6.41. The van der Waals surface area contributed by atoms with Gasteiger partial charge in [-0.1, -0.05) is 6.07 Å². The van der Waals surface area contributed by atoms with E-state index in [9.17, 15) is 4.79 Å². The quantitative estimate of drug-likeness (QED) is 0.841. The first kappa shape index (κ1) is 15.1. The molecule has 4 rings (SSSR count). The molecule has 1 unspecified atom stereocenters. The van der Waals surface area contributed by atoms with Crippen LogP contribution in [-0.2, 0) is 11.8 Å². The van der Waals surface area contributed by atoms with Crippen LogP contribution in [0.1, 0.15) is 16.9 Å². The minimum atomic E-state index is -0.279. The zero-order chi connectivity index (χ0) is 16.6. The van der Waals surface area contributed by atoms with Gasteiger partial charge in [-0.25, -0.2) is 4.98 Å². The van der Waals surface area contributed by atoms with Crippen LogP contribution < -0.4 is 4.74 Å². The number of hydrogen-bond donors (Lipinski definition) is 0. The fourth-order valence-electron chi connectivity index (χ4n) is 3.42. The maximum absolute atomic E-state index is 12.4. The number of hydrogen-bond acceptors (Lipinski definition) is 5. The van der Waals surface area contributed by atoms with Gasteiger partial charge in [-0.3, -0.25) is 9.48 Å². The van der Waals surface area contributed by atoms with Crippen molar-refractivity contribution in [2.24, 2.45) is 13.0 Å². The number of likely N-dealkylation sites (tertiary alicyclic amines) is 1. The van der Waals surface area contributed by atoms with Gasteiger partial charge in [-0.05, 0) is 18.6 Å². The lowest BCUT2D eigenvalue weighted by Crippen LogP contribution is -2.66. The van der Waals surface area contributed by atoms with Crippen molar-refractivity contribution in [1.82, 2.24) is 19.7 Å². The Bertz CT molecular complexity index is 724. The standard InChI is InChI=1S/C17H20N4O3/c1-20-8-5-14(19-20)16(22)21-11-17(12-21)13(6-9-24-17)10-23-15-4-2-3-7-18-15/h2-5,7-8,13H,6,9-12H2,1H3. The summed E-state index contributed by atoms with van der Waals surface area (Å²) in [5.74, 6) is 0.855. The van der Waals surface area contributed by atoms with Gasteiger partial charge in [0.25, 0.3) is 5.91 Å². The molecule has 4 heterocycles. The molecule has 0 N–H and O–H groups in total. The molecule has 2 aromatic rings. The molecule has 2 aliphatic heterocycles. The van der Waals surface area contributed by atoms with Gasteiger partial charge in [0.1, 0.15) is 11.3 Å². The maximum Gasteiger partial charge on any atom is 0.274 e. The first-order chi connectivity index (χ1) is 11.7. The Labute approximate surface area is 140 Å². The van der Waals surface area contributed by atoms with Crippen LogP contribution in [0.5, 0.6) is 5.88 Å². The fourth-order valence-corrected chi connectivity index (χ4v) is 3.42. The SMILES string of the molecule is Cn1ccc(C(=O)N2CC3(C2)OCCC3COc2ccccn2)n1. The molecule has 7 nitrogen and oxygen atoms in total. The van der Waals surface area contributed by atoms with Crippen LogP contribution in [0.3, 0.4) is 0 Å². The Morgan fingerprint density at radius 2 is 2.29 bits per heavy atom. The van der Waals surface area contributed by atoms with Crippen LogP contribution in [0.25, 0.3) is 0 Å². The van der Waals surface area contributed by atoms with Gasteiger partial charge >= 0.3 is 0 Å². The third-order valence-electron chi connectivity index (χ3n) is 4.81. The van der Waals surface area contributed by atoms with Gasteiger partial charge in [0.2, 0.25) is 5.88 Å². The number of carbonyl (C=O) groups excluding carboxylic acids is 1. The summed E-state index contributed by atoms with van der Waals surface area (Å²) in [6, 6.07) is 7.35. The van der Waals surface area contributed by atoms with Crippen molar-refractivity contribution in [3.63, 3.8) is 0 Å². The fraction of sp³-hybridized carbons (Fsp3) is 0.471. The van der Waals surface area contributed by atoms with E-state index in [0.29, 0.717) is 37.9 Å². The minimum absolute atomic E-state index is 0.0406. The summed E-state index contributed by atoms with van der Waals surface area (Å²) >= 11 is 0. The molecule has 2 fully saturated rings. The van der Waals surface area contributed by atoms with Crippen LogP contribution in [0.2, 0.25) is 0 Å². The summed E-state index contributed by atoms with van der Waals surface area (Å²) in [5.41, 5.74) is 0.200. The Morgan fingerprint density at radius 1 is 1.42 bits per heavy atom. The van der Waals surface area contributed by atoms with E-state index in [1.54, 1.807) is 35.1 Å². The second-order valence-corrected chi connectivity index (χ2v) is 6.41. The van der Waals surface area contributed by atoms with Gasteiger partial charge in [0.05, 0.1) is 19.7 Å². The van der Waals surface area contributed by atoms with Crippen molar-refractivity contribution in [2.75, 3.05) is 26.3 Å². The Kier molecular flexibility index (Phi) is 3.72. The van der Waals surface area contributed by atoms with E-state index in [1.807, 2.05) is 18.2 Å². The average Bonchev–Trinajstić information content (AvgIpc) is 3.18. The molecule has 2 saturated heterocycles. The lowest BCUT2D eigenvalue weighted by Gasteiger charge is -2.49. The van der Waals surface area contributed by atoms with Crippen molar-refractivity contribution in [3.05, 3.63) is 42.4 Å². The lowest BCUT2D eigenvalue weighted by molar-refractivity contribution is -0.122. The molecule has 1 spiro atoms. The topological polar surface area (TPSA) is 69.5 Å². The molecule has 0 aromatic carbocycles. The highest BCUT2D eigenvalue weighted by molar-refractivity contribution is 5.93. The zero-order valence-corrected chi connectivity index (χ0v) is 13.6. The van der Waals surface area contributed by atoms with Gasteiger partial charge in [0, 0.05) is 38.0 Å². The van der Waals surface area contributed by atoms with Crippen molar-refractivity contribution in [2.45, 2.75) is 12.0 Å². The molecule has 126 valence electrons. The van der Waals surface area contributed by atoms with Crippen molar-refractivity contribution in [1.29, 1.82) is 0 Å². The highest BCUT2D eigenvalue weighted by atomic mass is 16.5.